The van der Waals surface area contributed by atoms with Crippen LogP contribution in [0.2, 0.25) is 0 Å². The molecule has 8 heteroatoms. The van der Waals surface area contributed by atoms with E-state index in [2.05, 4.69) is 29.3 Å². The van der Waals surface area contributed by atoms with Gasteiger partial charge in [0.1, 0.15) is 0 Å². The second kappa shape index (κ2) is 9.40. The number of rotatable bonds is 5. The molecule has 3 heterocycles. The molecule has 1 unspecified atom stereocenters. The third-order valence-corrected chi connectivity index (χ3v) is 6.05. The third-order valence-electron chi connectivity index (χ3n) is 6.05. The third kappa shape index (κ3) is 4.31. The summed E-state index contributed by atoms with van der Waals surface area (Å²) in [6, 6.07) is 5.29. The van der Waals surface area contributed by atoms with Crippen LogP contribution in [0.15, 0.2) is 60.1 Å². The van der Waals surface area contributed by atoms with Gasteiger partial charge in [-0.1, -0.05) is 19.1 Å². The van der Waals surface area contributed by atoms with Crippen LogP contribution in [0.5, 0.6) is 5.75 Å². The number of piperazine rings is 1. The first-order valence-corrected chi connectivity index (χ1v) is 10.8. The van der Waals surface area contributed by atoms with Gasteiger partial charge in [-0.05, 0) is 41.7 Å². The quantitative estimate of drug-likeness (QED) is 0.714. The van der Waals surface area contributed by atoms with Gasteiger partial charge in [-0.15, -0.1) is 0 Å². The van der Waals surface area contributed by atoms with Crippen LogP contribution in [0.25, 0.3) is 5.57 Å². The number of fused-ring (bicyclic) bond motifs is 1. The Hall–Kier alpha value is -3.39. The molecule has 1 atom stereocenters. The lowest BCUT2D eigenvalue weighted by Crippen LogP contribution is -2.43. The standard InChI is InChI=1S/C24H29N4O4/c1-17-4-6-19-7-8-20(26-12-10-25-11-13-26)16-27(19)24(29)15-21(17)18-5-9-23(31-2)22(14-18)28(30)32-3/h5-9,14-17,25H,4,10-13H2,1-3H3/q+1. The zero-order valence-electron chi connectivity index (χ0n) is 18.7. The van der Waals surface area contributed by atoms with E-state index in [1.165, 1.54) is 14.2 Å². The Labute approximate surface area is 188 Å². The average Bonchev–Trinajstić information content (AvgIpc) is 2.84. The highest BCUT2D eigenvalue weighted by molar-refractivity contribution is 5.98. The van der Waals surface area contributed by atoms with Gasteiger partial charge in [0.2, 0.25) is 5.75 Å². The van der Waals surface area contributed by atoms with Gasteiger partial charge < -0.3 is 15.0 Å². The van der Waals surface area contributed by atoms with Gasteiger partial charge in [-0.25, -0.2) is 4.84 Å². The molecule has 1 fully saturated rings. The smallest absolute Gasteiger partial charge is 0.358 e. The number of hydrogen-bond acceptors (Lipinski definition) is 6. The van der Waals surface area contributed by atoms with Crippen LogP contribution >= 0.6 is 0 Å². The molecule has 3 aliphatic rings. The van der Waals surface area contributed by atoms with Crippen molar-refractivity contribution in [2.75, 3.05) is 40.4 Å². The molecule has 1 aromatic rings. The maximum atomic E-state index is 13.3. The number of carbonyl (C=O) groups is 1. The van der Waals surface area contributed by atoms with Crippen LogP contribution in [0.1, 0.15) is 18.9 Å². The van der Waals surface area contributed by atoms with Gasteiger partial charge in [0.25, 0.3) is 10.8 Å². The molecule has 0 radical (unpaired) electrons. The van der Waals surface area contributed by atoms with Crippen molar-refractivity contribution in [3.05, 3.63) is 70.6 Å². The van der Waals surface area contributed by atoms with Crippen molar-refractivity contribution in [1.29, 1.82) is 0 Å². The van der Waals surface area contributed by atoms with E-state index in [0.717, 1.165) is 55.1 Å². The molecule has 0 bridgehead atoms. The fourth-order valence-electron chi connectivity index (χ4n) is 4.22. The summed E-state index contributed by atoms with van der Waals surface area (Å²) >= 11 is 0. The molecular weight excluding hydrogens is 408 g/mol. The zero-order chi connectivity index (χ0) is 22.7. The Balaban J connectivity index is 1.68. The summed E-state index contributed by atoms with van der Waals surface area (Å²) in [6.07, 6.45) is 10.6. The Bertz CT molecular complexity index is 1030. The number of hydrogen-bond donors (Lipinski definition) is 1. The summed E-state index contributed by atoms with van der Waals surface area (Å²) in [5, 5.41) is 3.35. The van der Waals surface area contributed by atoms with Gasteiger partial charge in [0.05, 0.1) is 17.7 Å². The van der Waals surface area contributed by atoms with Gasteiger partial charge in [0.15, 0.2) is 7.11 Å². The van der Waals surface area contributed by atoms with Crippen LogP contribution in [0.3, 0.4) is 0 Å². The molecule has 1 N–H and O–H groups in total. The maximum absolute atomic E-state index is 13.3. The fraction of sp³-hybridized carbons (Fsp3) is 0.375. The molecule has 0 aromatic heterocycles. The van der Waals surface area contributed by atoms with Crippen molar-refractivity contribution < 1.29 is 19.3 Å². The lowest BCUT2D eigenvalue weighted by atomic mass is 9.89. The molecule has 1 amide bonds. The SMILES string of the molecule is COc1ccc(C2=CC(=O)N3C=C(N4CCNCC4)C=CC3=CCC2C)cc1[N+](=O)OC. The van der Waals surface area contributed by atoms with E-state index in [1.807, 2.05) is 18.3 Å². The second-order valence-corrected chi connectivity index (χ2v) is 8.02. The molecule has 168 valence electrons. The number of carbonyl (C=O) groups excluding carboxylic acids is 1. The van der Waals surface area contributed by atoms with Gasteiger partial charge in [-0.3, -0.25) is 9.69 Å². The van der Waals surface area contributed by atoms with Crippen molar-refractivity contribution in [3.8, 4) is 5.75 Å². The highest BCUT2D eigenvalue weighted by Gasteiger charge is 2.27. The maximum Gasteiger partial charge on any atom is 0.358 e. The van der Waals surface area contributed by atoms with Crippen molar-refractivity contribution in [2.24, 2.45) is 5.92 Å². The predicted octanol–water partition coefficient (Wildman–Crippen LogP) is 3.12. The normalized spacial score (nSPS) is 21.0. The zero-order valence-corrected chi connectivity index (χ0v) is 18.7. The Morgan fingerprint density at radius 1 is 1.12 bits per heavy atom. The number of benzene rings is 1. The van der Waals surface area contributed by atoms with Gasteiger partial charge >= 0.3 is 5.69 Å². The minimum atomic E-state index is -0.113. The van der Waals surface area contributed by atoms with E-state index >= 15 is 0 Å². The molecule has 1 saturated heterocycles. The topological polar surface area (TPSA) is 74.1 Å². The number of nitrogens with one attached hydrogen (secondary N) is 1. The predicted molar refractivity (Wildman–Crippen MR) is 122 cm³/mol. The lowest BCUT2D eigenvalue weighted by Gasteiger charge is -2.34. The summed E-state index contributed by atoms with van der Waals surface area (Å²) in [5.41, 5.74) is 3.83. The largest absolute Gasteiger partial charge is 0.490 e. The van der Waals surface area contributed by atoms with E-state index in [9.17, 15) is 9.70 Å². The van der Waals surface area contributed by atoms with Crippen LogP contribution in [0, 0.1) is 10.8 Å². The van der Waals surface area contributed by atoms with Crippen molar-refractivity contribution >= 4 is 17.2 Å². The molecule has 32 heavy (non-hydrogen) atoms. The van der Waals surface area contributed by atoms with E-state index in [0.29, 0.717) is 10.7 Å². The number of nitrogens with zero attached hydrogens (tertiary/aromatic N) is 3. The number of amides is 1. The van der Waals surface area contributed by atoms with Gasteiger partial charge in [-0.2, -0.15) is 0 Å². The average molecular weight is 438 g/mol. The Kier molecular flexibility index (Phi) is 6.41. The minimum Gasteiger partial charge on any atom is -0.490 e. The first-order valence-electron chi connectivity index (χ1n) is 10.8. The first-order chi connectivity index (χ1) is 15.5. The second-order valence-electron chi connectivity index (χ2n) is 8.02. The molecule has 0 saturated carbocycles. The van der Waals surface area contributed by atoms with Crippen molar-refractivity contribution in [3.63, 3.8) is 0 Å². The fourth-order valence-corrected chi connectivity index (χ4v) is 4.22. The molecule has 4 rings (SSSR count). The summed E-state index contributed by atoms with van der Waals surface area (Å²) in [4.78, 5) is 34.7. The summed E-state index contributed by atoms with van der Waals surface area (Å²) in [6.45, 7) is 5.77. The Morgan fingerprint density at radius 2 is 1.88 bits per heavy atom. The van der Waals surface area contributed by atoms with Crippen LogP contribution in [0.4, 0.5) is 5.69 Å². The summed E-state index contributed by atoms with van der Waals surface area (Å²) in [7, 11) is 2.81. The summed E-state index contributed by atoms with van der Waals surface area (Å²) < 4.78 is 5.29. The van der Waals surface area contributed by atoms with E-state index in [1.54, 1.807) is 23.1 Å². The molecule has 3 aliphatic heterocycles. The highest BCUT2D eigenvalue weighted by Crippen LogP contribution is 2.36. The minimum absolute atomic E-state index is 0.0874. The first kappa shape index (κ1) is 21.8. The van der Waals surface area contributed by atoms with Crippen molar-refractivity contribution in [2.45, 2.75) is 13.3 Å². The molecule has 8 nitrogen and oxygen atoms in total. The molecular formula is C24H29N4O4+. The molecule has 0 spiro atoms. The summed E-state index contributed by atoms with van der Waals surface area (Å²) in [5.74, 6) is 0.380. The molecule has 1 aromatic carbocycles. The van der Waals surface area contributed by atoms with Crippen LogP contribution < -0.4 is 10.1 Å². The number of ether oxygens (including phenoxy) is 1. The van der Waals surface area contributed by atoms with Crippen LogP contribution in [-0.4, -0.2) is 61.0 Å². The highest BCUT2D eigenvalue weighted by atomic mass is 16.8. The van der Waals surface area contributed by atoms with Crippen LogP contribution in [-0.2, 0) is 9.63 Å². The van der Waals surface area contributed by atoms with Crippen molar-refractivity contribution in [1.82, 2.24) is 15.1 Å². The monoisotopic (exact) mass is 437 g/mol. The molecule has 0 aliphatic carbocycles. The van der Waals surface area contributed by atoms with E-state index < -0.39 is 0 Å². The van der Waals surface area contributed by atoms with E-state index in [4.69, 9.17) is 9.57 Å². The number of methoxy groups -OCH3 is 1. The number of allylic oxidation sites excluding steroid dienone is 4. The lowest BCUT2D eigenvalue weighted by molar-refractivity contribution is -0.736. The van der Waals surface area contributed by atoms with Gasteiger partial charge in [0, 0.05) is 50.2 Å². The van der Waals surface area contributed by atoms with E-state index in [-0.39, 0.29) is 17.5 Å². The Morgan fingerprint density at radius 3 is 2.59 bits per heavy atom.